The number of hydrogen-bond acceptors (Lipinski definition) is 1. The topological polar surface area (TPSA) is 29.1 Å². The van der Waals surface area contributed by atoms with Crippen molar-refractivity contribution >= 4 is 5.91 Å². The lowest BCUT2D eigenvalue weighted by Gasteiger charge is -1.98. The molecule has 0 radical (unpaired) electrons. The van der Waals surface area contributed by atoms with Crippen LogP contribution in [-0.2, 0) is 4.79 Å². The van der Waals surface area contributed by atoms with Gasteiger partial charge in [0.1, 0.15) is 0 Å². The third-order valence-electron chi connectivity index (χ3n) is 3.15. The van der Waals surface area contributed by atoms with Crippen LogP contribution < -0.4 is 5.32 Å². The van der Waals surface area contributed by atoms with Crippen LogP contribution in [0.25, 0.3) is 0 Å². The van der Waals surface area contributed by atoms with E-state index < -0.39 is 0 Å². The Morgan fingerprint density at radius 1 is 1.06 bits per heavy atom. The van der Waals surface area contributed by atoms with Crippen molar-refractivity contribution in [2.24, 2.45) is 5.92 Å². The van der Waals surface area contributed by atoms with Gasteiger partial charge < -0.3 is 5.32 Å². The third kappa shape index (κ3) is 8.10. The average Bonchev–Trinajstić information content (AvgIpc) is 3.20. The van der Waals surface area contributed by atoms with E-state index in [4.69, 9.17) is 0 Å². The fourth-order valence-corrected chi connectivity index (χ4v) is 1.79. The van der Waals surface area contributed by atoms with Gasteiger partial charge in [-0.3, -0.25) is 4.79 Å². The van der Waals surface area contributed by atoms with E-state index in [-0.39, 0.29) is 5.91 Å². The van der Waals surface area contributed by atoms with E-state index in [1.165, 1.54) is 25.7 Å². The molecule has 0 unspecified atom stereocenters. The van der Waals surface area contributed by atoms with E-state index in [2.05, 4.69) is 36.5 Å². The lowest BCUT2D eigenvalue weighted by Crippen LogP contribution is -2.24. The minimum atomic E-state index is 0.232. The second-order valence-electron chi connectivity index (χ2n) is 5.04. The van der Waals surface area contributed by atoms with E-state index in [9.17, 15) is 4.79 Å². The highest BCUT2D eigenvalue weighted by Crippen LogP contribution is 2.28. The molecule has 0 atom stereocenters. The lowest BCUT2D eigenvalue weighted by molar-refractivity contribution is -0.122. The number of hydrogen-bond donors (Lipinski definition) is 1. The van der Waals surface area contributed by atoms with Crippen LogP contribution in [0.4, 0.5) is 0 Å². The lowest BCUT2D eigenvalue weighted by atomic mass is 10.2. The molecule has 0 aromatic rings. The van der Waals surface area contributed by atoms with Crippen LogP contribution in [0.1, 0.15) is 58.3 Å². The summed E-state index contributed by atoms with van der Waals surface area (Å²) in [7, 11) is 0. The second-order valence-corrected chi connectivity index (χ2v) is 5.04. The van der Waals surface area contributed by atoms with Crippen LogP contribution in [0.5, 0.6) is 0 Å². The monoisotopic (exact) mass is 249 g/mol. The molecule has 1 aliphatic rings. The summed E-state index contributed by atoms with van der Waals surface area (Å²) in [6.07, 6.45) is 18.3. The molecule has 1 rings (SSSR count). The number of rotatable bonds is 10. The largest absolute Gasteiger partial charge is 0.352 e. The molecule has 1 fully saturated rings. The number of nitrogens with one attached hydrogen (secondary N) is 1. The van der Waals surface area contributed by atoms with E-state index in [1.807, 2.05) is 0 Å². The summed E-state index contributed by atoms with van der Waals surface area (Å²) < 4.78 is 0. The zero-order chi connectivity index (χ0) is 13.1. The zero-order valence-electron chi connectivity index (χ0n) is 11.7. The molecule has 1 N–H and O–H groups in total. The Balaban J connectivity index is 1.85. The van der Waals surface area contributed by atoms with Crippen LogP contribution in [0.15, 0.2) is 24.3 Å². The minimum Gasteiger partial charge on any atom is -0.352 e. The average molecular weight is 249 g/mol. The number of carbonyl (C=O) groups excluding carboxylic acids is 1. The quantitative estimate of drug-likeness (QED) is 0.460. The number of amides is 1. The SMILES string of the molecule is CCCCC/C=C/CC/C=C/CNC(=O)C1CC1. The molecule has 2 nitrogen and oxygen atoms in total. The summed E-state index contributed by atoms with van der Waals surface area (Å²) in [5.41, 5.74) is 0. The van der Waals surface area contributed by atoms with Crippen LogP contribution in [0.2, 0.25) is 0 Å². The molecular formula is C16H27NO. The van der Waals surface area contributed by atoms with E-state index in [1.54, 1.807) is 0 Å². The maximum Gasteiger partial charge on any atom is 0.223 e. The van der Waals surface area contributed by atoms with Crippen molar-refractivity contribution in [2.45, 2.75) is 58.3 Å². The Morgan fingerprint density at radius 2 is 1.72 bits per heavy atom. The number of unbranched alkanes of at least 4 members (excludes halogenated alkanes) is 4. The van der Waals surface area contributed by atoms with Gasteiger partial charge in [-0.1, -0.05) is 44.1 Å². The van der Waals surface area contributed by atoms with E-state index >= 15 is 0 Å². The Labute approximate surface area is 112 Å². The number of allylic oxidation sites excluding steroid dienone is 3. The first-order valence-electron chi connectivity index (χ1n) is 7.42. The normalized spacial score (nSPS) is 15.6. The summed E-state index contributed by atoms with van der Waals surface area (Å²) in [4.78, 5) is 11.3. The summed E-state index contributed by atoms with van der Waals surface area (Å²) in [6, 6.07) is 0. The fourth-order valence-electron chi connectivity index (χ4n) is 1.79. The molecule has 0 heterocycles. The maximum absolute atomic E-state index is 11.3. The molecule has 1 aliphatic carbocycles. The summed E-state index contributed by atoms with van der Waals surface area (Å²) >= 11 is 0. The Morgan fingerprint density at radius 3 is 2.39 bits per heavy atom. The van der Waals surface area contributed by atoms with Crippen molar-refractivity contribution in [1.82, 2.24) is 5.32 Å². The molecule has 0 saturated heterocycles. The highest BCUT2D eigenvalue weighted by molar-refractivity contribution is 5.80. The first-order chi connectivity index (χ1) is 8.84. The van der Waals surface area contributed by atoms with Gasteiger partial charge in [0.15, 0.2) is 0 Å². The van der Waals surface area contributed by atoms with Crippen LogP contribution >= 0.6 is 0 Å². The van der Waals surface area contributed by atoms with Gasteiger partial charge in [0, 0.05) is 12.5 Å². The van der Waals surface area contributed by atoms with Gasteiger partial charge in [-0.05, 0) is 38.5 Å². The summed E-state index contributed by atoms with van der Waals surface area (Å²) in [5.74, 6) is 0.555. The highest BCUT2D eigenvalue weighted by atomic mass is 16.2. The van der Waals surface area contributed by atoms with Crippen molar-refractivity contribution in [3.63, 3.8) is 0 Å². The van der Waals surface area contributed by atoms with Gasteiger partial charge in [0.2, 0.25) is 5.91 Å². The first-order valence-corrected chi connectivity index (χ1v) is 7.42. The van der Waals surface area contributed by atoms with Crippen molar-refractivity contribution in [3.05, 3.63) is 24.3 Å². The second kappa shape index (κ2) is 9.93. The van der Waals surface area contributed by atoms with E-state index in [0.717, 1.165) is 25.7 Å². The van der Waals surface area contributed by atoms with Gasteiger partial charge >= 0.3 is 0 Å². The first kappa shape index (κ1) is 15.0. The van der Waals surface area contributed by atoms with Crippen molar-refractivity contribution in [1.29, 1.82) is 0 Å². The molecule has 0 aliphatic heterocycles. The molecule has 1 amide bonds. The van der Waals surface area contributed by atoms with Gasteiger partial charge in [-0.2, -0.15) is 0 Å². The predicted octanol–water partition coefficient (Wildman–Crippen LogP) is 3.99. The van der Waals surface area contributed by atoms with Crippen LogP contribution in [0.3, 0.4) is 0 Å². The smallest absolute Gasteiger partial charge is 0.223 e. The number of carbonyl (C=O) groups is 1. The minimum absolute atomic E-state index is 0.232. The molecule has 0 aromatic carbocycles. The molecule has 1 saturated carbocycles. The molecule has 2 heteroatoms. The fraction of sp³-hybridized carbons (Fsp3) is 0.688. The van der Waals surface area contributed by atoms with Crippen molar-refractivity contribution in [3.8, 4) is 0 Å². The highest BCUT2D eigenvalue weighted by Gasteiger charge is 2.28. The van der Waals surface area contributed by atoms with Crippen molar-refractivity contribution < 1.29 is 4.79 Å². The molecule has 0 aromatic heterocycles. The van der Waals surface area contributed by atoms with Gasteiger partial charge in [0.25, 0.3) is 0 Å². The zero-order valence-corrected chi connectivity index (χ0v) is 11.7. The van der Waals surface area contributed by atoms with Crippen molar-refractivity contribution in [2.75, 3.05) is 6.54 Å². The predicted molar refractivity (Wildman–Crippen MR) is 77.4 cm³/mol. The standard InChI is InChI=1S/C16H27NO/c1-2-3-4-5-6-7-8-9-10-11-14-17-16(18)15-12-13-15/h6-7,10-11,15H,2-5,8-9,12-14H2,1H3,(H,17,18)/b7-6+,11-10+. The molecular weight excluding hydrogens is 222 g/mol. The molecule has 0 spiro atoms. The Kier molecular flexibility index (Phi) is 8.28. The summed E-state index contributed by atoms with van der Waals surface area (Å²) in [6.45, 7) is 2.92. The van der Waals surface area contributed by atoms with Crippen LogP contribution in [-0.4, -0.2) is 12.5 Å². The maximum atomic E-state index is 11.3. The Hall–Kier alpha value is -1.05. The molecule has 0 bridgehead atoms. The van der Waals surface area contributed by atoms with Gasteiger partial charge in [-0.15, -0.1) is 0 Å². The van der Waals surface area contributed by atoms with Gasteiger partial charge in [-0.25, -0.2) is 0 Å². The summed E-state index contributed by atoms with van der Waals surface area (Å²) in [5, 5.41) is 2.93. The van der Waals surface area contributed by atoms with Crippen LogP contribution in [0, 0.1) is 5.92 Å². The Bertz CT molecular complexity index is 277. The molecule has 102 valence electrons. The van der Waals surface area contributed by atoms with Gasteiger partial charge in [0.05, 0.1) is 0 Å². The molecule has 18 heavy (non-hydrogen) atoms. The van der Waals surface area contributed by atoms with E-state index in [0.29, 0.717) is 12.5 Å². The third-order valence-corrected chi connectivity index (χ3v) is 3.15.